The van der Waals surface area contributed by atoms with Crippen molar-refractivity contribution in [1.82, 2.24) is 9.80 Å². The van der Waals surface area contributed by atoms with Gasteiger partial charge in [-0.2, -0.15) is 0 Å². The smallest absolute Gasteiger partial charge is 0.0919 e. The van der Waals surface area contributed by atoms with Gasteiger partial charge in [0, 0.05) is 26.2 Å². The van der Waals surface area contributed by atoms with Gasteiger partial charge in [-0.3, -0.25) is 4.90 Å². The Hall–Kier alpha value is -0.900. The van der Waals surface area contributed by atoms with Crippen molar-refractivity contribution in [2.24, 2.45) is 5.92 Å². The van der Waals surface area contributed by atoms with Crippen LogP contribution in [-0.2, 0) is 0 Å². The van der Waals surface area contributed by atoms with Crippen LogP contribution in [-0.4, -0.2) is 55.2 Å². The molecule has 0 spiro atoms. The lowest BCUT2D eigenvalue weighted by Gasteiger charge is -2.28. The van der Waals surface area contributed by atoms with Crippen LogP contribution in [0, 0.1) is 19.8 Å². The molecule has 3 heteroatoms. The van der Waals surface area contributed by atoms with E-state index in [-0.39, 0.29) is 0 Å². The molecular weight excluding hydrogens is 260 g/mol. The molecule has 0 aliphatic carbocycles. The molecule has 0 saturated carbocycles. The Morgan fingerprint density at radius 3 is 2.29 bits per heavy atom. The van der Waals surface area contributed by atoms with Crippen LogP contribution in [0.5, 0.6) is 0 Å². The minimum atomic E-state index is -0.411. The van der Waals surface area contributed by atoms with Crippen molar-refractivity contribution in [3.63, 3.8) is 0 Å². The number of aliphatic hydroxyl groups excluding tert-OH is 1. The zero-order valence-electron chi connectivity index (χ0n) is 14.6. The first-order valence-electron chi connectivity index (χ1n) is 7.92. The monoisotopic (exact) mass is 292 g/mol. The summed E-state index contributed by atoms with van der Waals surface area (Å²) in [4.78, 5) is 4.56. The summed E-state index contributed by atoms with van der Waals surface area (Å²) >= 11 is 0. The molecule has 1 unspecified atom stereocenters. The van der Waals surface area contributed by atoms with Crippen LogP contribution >= 0.6 is 0 Å². The van der Waals surface area contributed by atoms with Crippen molar-refractivity contribution in [3.05, 3.63) is 34.9 Å². The number of aliphatic hydroxyl groups is 1. The van der Waals surface area contributed by atoms with Gasteiger partial charge in [0.05, 0.1) is 6.10 Å². The highest BCUT2D eigenvalue weighted by molar-refractivity contribution is 5.32. The molecule has 0 radical (unpaired) electrons. The fraction of sp³-hybridized carbons (Fsp3) is 0.667. The van der Waals surface area contributed by atoms with Crippen molar-refractivity contribution < 1.29 is 5.11 Å². The van der Waals surface area contributed by atoms with Crippen molar-refractivity contribution in [2.75, 3.05) is 40.3 Å². The fourth-order valence-corrected chi connectivity index (χ4v) is 2.58. The van der Waals surface area contributed by atoms with E-state index in [4.69, 9.17) is 0 Å². The van der Waals surface area contributed by atoms with Gasteiger partial charge in [-0.15, -0.1) is 0 Å². The average molecular weight is 292 g/mol. The maximum absolute atomic E-state index is 10.6. The molecule has 0 aliphatic rings. The minimum Gasteiger partial charge on any atom is -0.387 e. The second-order valence-corrected chi connectivity index (χ2v) is 6.83. The van der Waals surface area contributed by atoms with Gasteiger partial charge in [0.1, 0.15) is 0 Å². The molecular formula is C18H32N2O. The molecule has 1 atom stereocenters. The van der Waals surface area contributed by atoms with Gasteiger partial charge in [0.2, 0.25) is 0 Å². The van der Waals surface area contributed by atoms with Gasteiger partial charge in [-0.25, -0.2) is 0 Å². The number of benzene rings is 1. The lowest BCUT2D eigenvalue weighted by Crippen LogP contribution is -2.37. The molecule has 0 aromatic heterocycles. The first-order chi connectivity index (χ1) is 9.79. The van der Waals surface area contributed by atoms with Crippen molar-refractivity contribution in [3.8, 4) is 0 Å². The molecule has 21 heavy (non-hydrogen) atoms. The standard InChI is InChI=1S/C18H32N2O/c1-14(2)12-20(10-9-19(5)6)13-18(21)17-11-15(3)7-8-16(17)4/h7-8,11,14,18,21H,9-10,12-13H2,1-6H3. The molecule has 1 N–H and O–H groups in total. The molecule has 3 nitrogen and oxygen atoms in total. The summed E-state index contributed by atoms with van der Waals surface area (Å²) in [6.45, 7) is 12.4. The average Bonchev–Trinajstić information content (AvgIpc) is 2.38. The van der Waals surface area contributed by atoms with Crippen LogP contribution in [0.15, 0.2) is 18.2 Å². The molecule has 1 aromatic rings. The zero-order valence-corrected chi connectivity index (χ0v) is 14.6. The summed E-state index contributed by atoms with van der Waals surface area (Å²) in [5, 5.41) is 10.6. The molecule has 0 fully saturated rings. The Balaban J connectivity index is 2.73. The van der Waals surface area contributed by atoms with Crippen LogP contribution in [0.25, 0.3) is 0 Å². The van der Waals surface area contributed by atoms with Crippen LogP contribution in [0.1, 0.15) is 36.6 Å². The van der Waals surface area contributed by atoms with E-state index in [0.717, 1.165) is 25.2 Å². The highest BCUT2D eigenvalue weighted by Crippen LogP contribution is 2.20. The number of likely N-dealkylation sites (N-methyl/N-ethyl adjacent to an activating group) is 1. The molecule has 0 bridgehead atoms. The second kappa shape index (κ2) is 8.52. The predicted molar refractivity (Wildman–Crippen MR) is 90.7 cm³/mol. The quantitative estimate of drug-likeness (QED) is 0.798. The Morgan fingerprint density at radius 1 is 1.05 bits per heavy atom. The van der Waals surface area contributed by atoms with E-state index >= 15 is 0 Å². The SMILES string of the molecule is Cc1ccc(C)c(C(O)CN(CCN(C)C)CC(C)C)c1. The molecule has 0 amide bonds. The van der Waals surface area contributed by atoms with Crippen molar-refractivity contribution >= 4 is 0 Å². The van der Waals surface area contributed by atoms with Gasteiger partial charge in [0.15, 0.2) is 0 Å². The molecule has 0 saturated heterocycles. The number of rotatable bonds is 8. The maximum atomic E-state index is 10.6. The third kappa shape index (κ3) is 6.60. The number of aryl methyl sites for hydroxylation is 2. The molecule has 1 aromatic carbocycles. The van der Waals surface area contributed by atoms with Gasteiger partial charge < -0.3 is 10.0 Å². The van der Waals surface area contributed by atoms with Gasteiger partial charge >= 0.3 is 0 Å². The number of hydrogen-bond donors (Lipinski definition) is 1. The van der Waals surface area contributed by atoms with E-state index in [1.54, 1.807) is 0 Å². The van der Waals surface area contributed by atoms with Gasteiger partial charge in [0.25, 0.3) is 0 Å². The highest BCUT2D eigenvalue weighted by atomic mass is 16.3. The molecule has 0 heterocycles. The Bertz CT molecular complexity index is 429. The summed E-state index contributed by atoms with van der Waals surface area (Å²) in [6, 6.07) is 6.31. The third-order valence-electron chi connectivity index (χ3n) is 3.71. The lowest BCUT2D eigenvalue weighted by molar-refractivity contribution is 0.101. The lowest BCUT2D eigenvalue weighted by atomic mass is 10.00. The highest BCUT2D eigenvalue weighted by Gasteiger charge is 2.16. The van der Waals surface area contributed by atoms with Crippen molar-refractivity contribution in [1.29, 1.82) is 0 Å². The first kappa shape index (κ1) is 18.1. The van der Waals surface area contributed by atoms with Crippen LogP contribution < -0.4 is 0 Å². The maximum Gasteiger partial charge on any atom is 0.0919 e. The molecule has 120 valence electrons. The van der Waals surface area contributed by atoms with E-state index in [1.165, 1.54) is 11.1 Å². The normalized spacial score (nSPS) is 13.4. The topological polar surface area (TPSA) is 26.7 Å². The van der Waals surface area contributed by atoms with E-state index in [2.05, 4.69) is 69.8 Å². The van der Waals surface area contributed by atoms with Crippen LogP contribution in [0.4, 0.5) is 0 Å². The Morgan fingerprint density at radius 2 is 1.71 bits per heavy atom. The molecule has 1 rings (SSSR count). The predicted octanol–water partition coefficient (Wildman–Crippen LogP) is 2.86. The Labute approximate surface area is 130 Å². The minimum absolute atomic E-state index is 0.411. The van der Waals surface area contributed by atoms with Gasteiger partial charge in [-0.05, 0) is 45.0 Å². The summed E-state index contributed by atoms with van der Waals surface area (Å²) in [5.74, 6) is 0.609. The van der Waals surface area contributed by atoms with Crippen LogP contribution in [0.2, 0.25) is 0 Å². The summed E-state index contributed by atoms with van der Waals surface area (Å²) in [5.41, 5.74) is 3.44. The van der Waals surface area contributed by atoms with Gasteiger partial charge in [-0.1, -0.05) is 37.6 Å². The van der Waals surface area contributed by atoms with E-state index < -0.39 is 6.10 Å². The summed E-state index contributed by atoms with van der Waals surface area (Å²) < 4.78 is 0. The van der Waals surface area contributed by atoms with Crippen molar-refractivity contribution in [2.45, 2.75) is 33.8 Å². The summed E-state index contributed by atoms with van der Waals surface area (Å²) in [7, 11) is 4.18. The van der Waals surface area contributed by atoms with E-state index in [0.29, 0.717) is 12.5 Å². The molecule has 0 aliphatic heterocycles. The number of hydrogen-bond acceptors (Lipinski definition) is 3. The first-order valence-corrected chi connectivity index (χ1v) is 7.92. The van der Waals surface area contributed by atoms with E-state index in [9.17, 15) is 5.11 Å². The summed E-state index contributed by atoms with van der Waals surface area (Å²) in [6.07, 6.45) is -0.411. The van der Waals surface area contributed by atoms with Crippen LogP contribution in [0.3, 0.4) is 0 Å². The van der Waals surface area contributed by atoms with E-state index in [1.807, 2.05) is 0 Å². The second-order valence-electron chi connectivity index (χ2n) is 6.83. The third-order valence-corrected chi connectivity index (χ3v) is 3.71. The zero-order chi connectivity index (χ0) is 16.0. The largest absolute Gasteiger partial charge is 0.387 e. The Kier molecular flexibility index (Phi) is 7.36. The fourth-order valence-electron chi connectivity index (χ4n) is 2.58. The number of nitrogens with zero attached hydrogens (tertiary/aromatic N) is 2.